The van der Waals surface area contributed by atoms with E-state index in [-0.39, 0.29) is 12.1 Å². The third-order valence-corrected chi connectivity index (χ3v) is 6.73. The Morgan fingerprint density at radius 3 is 2.39 bits per heavy atom. The van der Waals surface area contributed by atoms with E-state index in [1.165, 1.54) is 0 Å². The fourth-order valence-corrected chi connectivity index (χ4v) is 5.06. The lowest BCUT2D eigenvalue weighted by atomic mass is 10.00. The van der Waals surface area contributed by atoms with E-state index >= 15 is 0 Å². The fraction of sp³-hybridized carbons (Fsp3) is 0.133. The number of fused-ring (bicyclic) bond motifs is 3. The Balaban J connectivity index is 1.55. The quantitative estimate of drug-likeness (QED) is 0.329. The van der Waals surface area contributed by atoms with Gasteiger partial charge in [-0.2, -0.15) is 5.10 Å². The molecule has 6 rings (SSSR count). The lowest BCUT2D eigenvalue weighted by Crippen LogP contribution is -2.38. The topological polar surface area (TPSA) is 55.1 Å². The van der Waals surface area contributed by atoms with E-state index in [9.17, 15) is 4.79 Å². The van der Waals surface area contributed by atoms with Crippen molar-refractivity contribution < 1.29 is 4.79 Å². The molecular weight excluding hydrogens is 446 g/mol. The molecule has 5 aromatic rings. The summed E-state index contributed by atoms with van der Waals surface area (Å²) >= 11 is 0. The van der Waals surface area contributed by atoms with Gasteiger partial charge in [0.25, 0.3) is 0 Å². The first kappa shape index (κ1) is 21.9. The second kappa shape index (κ2) is 8.89. The molecule has 0 saturated heterocycles. The number of anilines is 1. The van der Waals surface area contributed by atoms with Crippen LogP contribution in [-0.4, -0.2) is 25.3 Å². The summed E-state index contributed by atoms with van der Waals surface area (Å²) in [6.45, 7) is 4.52. The first-order chi connectivity index (χ1) is 17.6. The van der Waals surface area contributed by atoms with Crippen LogP contribution in [0.15, 0.2) is 103 Å². The normalized spacial score (nSPS) is 14.6. The van der Waals surface area contributed by atoms with Gasteiger partial charge >= 0.3 is 6.03 Å². The van der Waals surface area contributed by atoms with Crippen LogP contribution in [0, 0.1) is 13.8 Å². The van der Waals surface area contributed by atoms with Gasteiger partial charge in [0.15, 0.2) is 0 Å². The number of rotatable bonds is 3. The Bertz CT molecular complexity index is 1530. The van der Waals surface area contributed by atoms with Crippen LogP contribution >= 0.6 is 0 Å². The Hall–Kier alpha value is -4.58. The maximum atomic E-state index is 13.9. The van der Waals surface area contributed by atoms with Crippen LogP contribution in [-0.2, 0) is 6.54 Å². The molecule has 2 aromatic heterocycles. The van der Waals surface area contributed by atoms with E-state index in [2.05, 4.69) is 65.5 Å². The highest BCUT2D eigenvalue weighted by Crippen LogP contribution is 2.38. The molecule has 6 nitrogen and oxygen atoms in total. The SMILES string of the molecule is Cc1cccc([C@H]2c3cccn3-c3c(c(C)nn3-c3ccccc3)CN2C(=O)Nc2ccccc2)c1. The number of aromatic nitrogens is 3. The molecule has 1 aliphatic rings. The van der Waals surface area contributed by atoms with Crippen molar-refractivity contribution >= 4 is 11.7 Å². The van der Waals surface area contributed by atoms with Crippen LogP contribution in [0.4, 0.5) is 10.5 Å². The summed E-state index contributed by atoms with van der Waals surface area (Å²) < 4.78 is 4.17. The van der Waals surface area contributed by atoms with Crippen LogP contribution in [0.5, 0.6) is 0 Å². The van der Waals surface area contributed by atoms with E-state index in [0.29, 0.717) is 6.54 Å². The first-order valence-corrected chi connectivity index (χ1v) is 12.1. The molecule has 3 heterocycles. The average molecular weight is 474 g/mol. The van der Waals surface area contributed by atoms with Gasteiger partial charge in [0.05, 0.1) is 29.7 Å². The number of aryl methyl sites for hydroxylation is 2. The molecule has 0 radical (unpaired) electrons. The third kappa shape index (κ3) is 3.77. The number of urea groups is 1. The Labute approximate surface area is 210 Å². The molecule has 1 atom stereocenters. The molecule has 0 unspecified atom stereocenters. The number of carbonyl (C=O) groups is 1. The van der Waals surface area contributed by atoms with E-state index < -0.39 is 0 Å². The monoisotopic (exact) mass is 473 g/mol. The highest BCUT2D eigenvalue weighted by molar-refractivity contribution is 5.90. The van der Waals surface area contributed by atoms with Crippen molar-refractivity contribution in [2.24, 2.45) is 0 Å². The minimum atomic E-state index is -0.278. The van der Waals surface area contributed by atoms with Gasteiger partial charge in [-0.05, 0) is 55.8 Å². The van der Waals surface area contributed by atoms with Crippen molar-refractivity contribution in [1.82, 2.24) is 19.2 Å². The zero-order valence-electron chi connectivity index (χ0n) is 20.3. The average Bonchev–Trinajstić information content (AvgIpc) is 3.45. The largest absolute Gasteiger partial charge is 0.322 e. The Morgan fingerprint density at radius 2 is 1.64 bits per heavy atom. The minimum absolute atomic E-state index is 0.153. The van der Waals surface area contributed by atoms with Crippen molar-refractivity contribution in [3.63, 3.8) is 0 Å². The summed E-state index contributed by atoms with van der Waals surface area (Å²) in [6, 6.07) is 31.9. The van der Waals surface area contributed by atoms with Crippen molar-refractivity contribution in [2.45, 2.75) is 26.4 Å². The molecule has 2 amide bonds. The zero-order chi connectivity index (χ0) is 24.6. The van der Waals surface area contributed by atoms with E-state index in [4.69, 9.17) is 5.10 Å². The van der Waals surface area contributed by atoms with Crippen LogP contribution in [0.1, 0.15) is 34.1 Å². The molecular formula is C30H27N5O. The molecule has 0 bridgehead atoms. The van der Waals surface area contributed by atoms with Gasteiger partial charge in [0, 0.05) is 17.4 Å². The smallest absolute Gasteiger partial charge is 0.308 e. The number of nitrogens with zero attached hydrogens (tertiary/aromatic N) is 4. The van der Waals surface area contributed by atoms with Crippen molar-refractivity contribution in [3.8, 4) is 11.5 Å². The highest BCUT2D eigenvalue weighted by Gasteiger charge is 2.36. The molecule has 36 heavy (non-hydrogen) atoms. The summed E-state index contributed by atoms with van der Waals surface area (Å²) in [7, 11) is 0. The lowest BCUT2D eigenvalue weighted by Gasteiger charge is -2.31. The van der Waals surface area contributed by atoms with Crippen molar-refractivity contribution in [3.05, 3.63) is 131 Å². The second-order valence-corrected chi connectivity index (χ2v) is 9.18. The van der Waals surface area contributed by atoms with Crippen LogP contribution in [0.3, 0.4) is 0 Å². The molecule has 3 aromatic carbocycles. The molecule has 0 spiro atoms. The lowest BCUT2D eigenvalue weighted by molar-refractivity contribution is 0.194. The summed E-state index contributed by atoms with van der Waals surface area (Å²) in [5.41, 5.74) is 6.91. The summed E-state index contributed by atoms with van der Waals surface area (Å²) in [4.78, 5) is 15.8. The maximum Gasteiger partial charge on any atom is 0.322 e. The molecule has 0 saturated carbocycles. The number of carbonyl (C=O) groups excluding carboxylic acids is 1. The second-order valence-electron chi connectivity index (χ2n) is 9.18. The summed E-state index contributed by atoms with van der Waals surface area (Å²) in [6.07, 6.45) is 2.07. The number of hydrogen-bond donors (Lipinski definition) is 1. The number of nitrogens with one attached hydrogen (secondary N) is 1. The van der Waals surface area contributed by atoms with E-state index in [1.54, 1.807) is 0 Å². The maximum absolute atomic E-state index is 13.9. The van der Waals surface area contributed by atoms with Crippen LogP contribution in [0.2, 0.25) is 0 Å². The molecule has 0 aliphatic carbocycles. The van der Waals surface area contributed by atoms with Gasteiger partial charge in [-0.15, -0.1) is 0 Å². The summed E-state index contributed by atoms with van der Waals surface area (Å²) in [5, 5.41) is 8.03. The number of hydrogen-bond acceptors (Lipinski definition) is 2. The van der Waals surface area contributed by atoms with E-state index in [0.717, 1.165) is 45.3 Å². The number of benzene rings is 3. The van der Waals surface area contributed by atoms with Gasteiger partial charge in [-0.3, -0.25) is 0 Å². The van der Waals surface area contributed by atoms with Crippen molar-refractivity contribution in [1.29, 1.82) is 0 Å². The van der Waals surface area contributed by atoms with Gasteiger partial charge < -0.3 is 14.8 Å². The Morgan fingerprint density at radius 1 is 0.889 bits per heavy atom. The minimum Gasteiger partial charge on any atom is -0.308 e. The Kier molecular flexibility index (Phi) is 5.41. The molecule has 1 aliphatic heterocycles. The molecule has 0 fully saturated rings. The molecule has 178 valence electrons. The van der Waals surface area contributed by atoms with Crippen molar-refractivity contribution in [2.75, 3.05) is 5.32 Å². The zero-order valence-corrected chi connectivity index (χ0v) is 20.3. The van der Waals surface area contributed by atoms with Crippen LogP contribution < -0.4 is 5.32 Å². The van der Waals surface area contributed by atoms with Gasteiger partial charge in [-0.25, -0.2) is 9.48 Å². The summed E-state index contributed by atoms with van der Waals surface area (Å²) in [5.74, 6) is 0.964. The molecule has 1 N–H and O–H groups in total. The number of amides is 2. The predicted molar refractivity (Wildman–Crippen MR) is 142 cm³/mol. The standard InChI is InChI=1S/C30H27N5O/c1-21-11-9-12-23(19-21)28-27-17-10-18-33(27)29-26(22(2)32-35(29)25-15-7-4-8-16-25)20-34(28)30(36)31-24-13-5-3-6-14-24/h3-19,28H,20H2,1-2H3,(H,31,36)/t28-/m0/s1. The van der Waals surface area contributed by atoms with E-state index in [1.807, 2.05) is 71.1 Å². The van der Waals surface area contributed by atoms with Gasteiger partial charge in [0.1, 0.15) is 5.82 Å². The van der Waals surface area contributed by atoms with Crippen LogP contribution in [0.25, 0.3) is 11.5 Å². The van der Waals surface area contributed by atoms with Gasteiger partial charge in [-0.1, -0.05) is 66.2 Å². The molecule has 6 heteroatoms. The fourth-order valence-electron chi connectivity index (χ4n) is 5.06. The first-order valence-electron chi connectivity index (χ1n) is 12.1. The highest BCUT2D eigenvalue weighted by atomic mass is 16.2. The van der Waals surface area contributed by atoms with Gasteiger partial charge in [0.2, 0.25) is 0 Å². The number of para-hydroxylation sites is 2. The predicted octanol–water partition coefficient (Wildman–Crippen LogP) is 6.42. The third-order valence-electron chi connectivity index (χ3n) is 6.73.